The maximum atomic E-state index is 12.5. The smallest absolute Gasteiger partial charge is 0.408 e. The molecule has 1 heterocycles. The number of benzene rings is 2. The molecule has 4 rings (SSSR count). The first-order chi connectivity index (χ1) is 13.8. The van der Waals surface area contributed by atoms with Crippen molar-refractivity contribution in [2.75, 3.05) is 26.2 Å². The topological polar surface area (TPSA) is 90.3 Å². The summed E-state index contributed by atoms with van der Waals surface area (Å²) in [5.74, 6) is 0.0283. The Morgan fingerprint density at radius 2 is 1.75 bits per heavy atom. The second kappa shape index (κ2) is 8.33. The molecule has 28 heavy (non-hydrogen) atoms. The fourth-order valence-electron chi connectivity index (χ4n) is 4.20. The number of alkyl carbamates (subject to hydrolysis) is 1. The first-order valence-electron chi connectivity index (χ1n) is 9.64. The minimum Gasteiger partial charge on any atom is -0.449 e. The average Bonchev–Trinajstić information content (AvgIpc) is 3.36. The Morgan fingerprint density at radius 3 is 2.36 bits per heavy atom. The fraction of sp³-hybridized carbons (Fsp3) is 0.381. The molecule has 0 spiro atoms. The van der Waals surface area contributed by atoms with E-state index < -0.39 is 6.09 Å². The summed E-state index contributed by atoms with van der Waals surface area (Å²) >= 11 is 0. The third-order valence-electron chi connectivity index (χ3n) is 5.53. The molecule has 1 amide bonds. The molecule has 7 heteroatoms. The molecule has 2 aromatic carbocycles. The molecule has 1 atom stereocenters. The number of fused-ring (bicyclic) bond motifs is 3. The lowest BCUT2D eigenvalue weighted by Gasteiger charge is -2.26. The minimum absolute atomic E-state index is 0.0283. The molecule has 0 saturated carbocycles. The highest BCUT2D eigenvalue weighted by Gasteiger charge is 2.29. The van der Waals surface area contributed by atoms with E-state index in [1.807, 2.05) is 24.3 Å². The summed E-state index contributed by atoms with van der Waals surface area (Å²) in [5.41, 5.74) is 13.4. The van der Waals surface area contributed by atoms with E-state index in [9.17, 15) is 4.79 Å². The number of likely N-dealkylation sites (tertiary alicyclic amines) is 1. The zero-order valence-electron chi connectivity index (χ0n) is 15.6. The lowest BCUT2D eigenvalue weighted by atomic mass is 9.98. The lowest BCUT2D eigenvalue weighted by Crippen LogP contribution is -2.49. The standard InChI is InChI=1S/C21H23N5O2/c22-25-23-13-20(26-11-5-6-12-26)24-21(27)28-14-19-17-9-3-1-7-15(17)16-8-2-4-10-18(16)19/h1-4,7-10,19-20H,5-6,11-14H2,(H,24,27)/t20-/m0/s1. The largest absolute Gasteiger partial charge is 0.449 e. The van der Waals surface area contributed by atoms with E-state index in [-0.39, 0.29) is 25.2 Å². The van der Waals surface area contributed by atoms with E-state index in [0.717, 1.165) is 25.9 Å². The van der Waals surface area contributed by atoms with Gasteiger partial charge in [0.25, 0.3) is 0 Å². The molecule has 1 aliphatic carbocycles. The van der Waals surface area contributed by atoms with E-state index in [2.05, 4.69) is 44.5 Å². The molecule has 1 N–H and O–H groups in total. The lowest BCUT2D eigenvalue weighted by molar-refractivity contribution is 0.121. The monoisotopic (exact) mass is 377 g/mol. The molecule has 1 fully saturated rings. The van der Waals surface area contributed by atoms with Gasteiger partial charge < -0.3 is 10.1 Å². The maximum absolute atomic E-state index is 12.5. The molecule has 2 aromatic rings. The molecule has 0 aromatic heterocycles. The third kappa shape index (κ3) is 3.67. The molecule has 144 valence electrons. The Morgan fingerprint density at radius 1 is 1.14 bits per heavy atom. The molecule has 7 nitrogen and oxygen atoms in total. The molecule has 0 unspecified atom stereocenters. The Labute approximate surface area is 163 Å². The normalized spacial score (nSPS) is 16.7. The minimum atomic E-state index is -0.480. The van der Waals surface area contributed by atoms with Crippen molar-refractivity contribution in [2.45, 2.75) is 24.9 Å². The van der Waals surface area contributed by atoms with Crippen LogP contribution in [0.4, 0.5) is 4.79 Å². The van der Waals surface area contributed by atoms with E-state index in [4.69, 9.17) is 10.3 Å². The van der Waals surface area contributed by atoms with E-state index >= 15 is 0 Å². The predicted molar refractivity (Wildman–Crippen MR) is 107 cm³/mol. The summed E-state index contributed by atoms with van der Waals surface area (Å²) in [5, 5.41) is 6.50. The van der Waals surface area contributed by atoms with Crippen molar-refractivity contribution in [3.63, 3.8) is 0 Å². The van der Waals surface area contributed by atoms with Gasteiger partial charge in [-0.2, -0.15) is 0 Å². The number of hydrogen-bond acceptors (Lipinski definition) is 4. The van der Waals surface area contributed by atoms with Gasteiger partial charge in [0.1, 0.15) is 6.61 Å². The van der Waals surface area contributed by atoms with Gasteiger partial charge in [-0.1, -0.05) is 53.6 Å². The van der Waals surface area contributed by atoms with Crippen molar-refractivity contribution >= 4 is 6.09 Å². The van der Waals surface area contributed by atoms with Crippen LogP contribution >= 0.6 is 0 Å². The molecule has 0 radical (unpaired) electrons. The van der Waals surface area contributed by atoms with Crippen molar-refractivity contribution in [1.82, 2.24) is 10.2 Å². The molecule has 1 aliphatic heterocycles. The number of azide groups is 1. The highest BCUT2D eigenvalue weighted by Crippen LogP contribution is 2.44. The van der Waals surface area contributed by atoms with Crippen LogP contribution in [-0.2, 0) is 4.74 Å². The first kappa shape index (κ1) is 18.3. The van der Waals surface area contributed by atoms with Gasteiger partial charge in [-0.3, -0.25) is 4.90 Å². The summed E-state index contributed by atoms with van der Waals surface area (Å²) in [6.07, 6.45) is 1.36. The Kier molecular flexibility index (Phi) is 5.46. The zero-order valence-corrected chi connectivity index (χ0v) is 15.6. The van der Waals surface area contributed by atoms with Crippen molar-refractivity contribution in [1.29, 1.82) is 0 Å². The van der Waals surface area contributed by atoms with Gasteiger partial charge in [0, 0.05) is 23.9 Å². The summed E-state index contributed by atoms with van der Waals surface area (Å²) < 4.78 is 5.60. The van der Waals surface area contributed by atoms with Gasteiger partial charge in [-0.15, -0.1) is 0 Å². The van der Waals surface area contributed by atoms with Crippen molar-refractivity contribution in [3.8, 4) is 11.1 Å². The summed E-state index contributed by atoms with van der Waals surface area (Å²) in [7, 11) is 0. The highest BCUT2D eigenvalue weighted by atomic mass is 16.5. The Balaban J connectivity index is 1.43. The fourth-order valence-corrected chi connectivity index (χ4v) is 4.20. The van der Waals surface area contributed by atoms with Crippen LogP contribution in [0.2, 0.25) is 0 Å². The first-order valence-corrected chi connectivity index (χ1v) is 9.64. The van der Waals surface area contributed by atoms with E-state index in [1.165, 1.54) is 22.3 Å². The number of nitrogens with zero attached hydrogens (tertiary/aromatic N) is 4. The second-order valence-corrected chi connectivity index (χ2v) is 7.14. The zero-order chi connectivity index (χ0) is 19.3. The average molecular weight is 377 g/mol. The van der Waals surface area contributed by atoms with Crippen LogP contribution in [0.3, 0.4) is 0 Å². The predicted octanol–water partition coefficient (Wildman–Crippen LogP) is 4.26. The van der Waals surface area contributed by atoms with Crippen LogP contribution < -0.4 is 5.32 Å². The molecule has 1 saturated heterocycles. The van der Waals surface area contributed by atoms with Gasteiger partial charge in [-0.25, -0.2) is 4.79 Å². The van der Waals surface area contributed by atoms with E-state index in [1.54, 1.807) is 0 Å². The molecular weight excluding hydrogens is 354 g/mol. The number of nitrogens with one attached hydrogen (secondary N) is 1. The molecule has 2 aliphatic rings. The van der Waals surface area contributed by atoms with Crippen LogP contribution in [0, 0.1) is 0 Å². The van der Waals surface area contributed by atoms with Crippen molar-refractivity contribution in [3.05, 3.63) is 70.1 Å². The van der Waals surface area contributed by atoms with Gasteiger partial charge in [-0.05, 0) is 40.6 Å². The Bertz CT molecular complexity index is 858. The number of carbonyl (C=O) groups is 1. The van der Waals surface area contributed by atoms with Crippen LogP contribution in [0.25, 0.3) is 21.6 Å². The van der Waals surface area contributed by atoms with Gasteiger partial charge in [0.2, 0.25) is 0 Å². The van der Waals surface area contributed by atoms with Gasteiger partial charge >= 0.3 is 6.09 Å². The van der Waals surface area contributed by atoms with Crippen molar-refractivity contribution < 1.29 is 9.53 Å². The van der Waals surface area contributed by atoms with Crippen LogP contribution in [-0.4, -0.2) is 43.4 Å². The summed E-state index contributed by atoms with van der Waals surface area (Å²) in [4.78, 5) is 17.4. The molecule has 0 bridgehead atoms. The second-order valence-electron chi connectivity index (χ2n) is 7.14. The van der Waals surface area contributed by atoms with Crippen LogP contribution in [0.1, 0.15) is 29.9 Å². The van der Waals surface area contributed by atoms with E-state index in [0.29, 0.717) is 0 Å². The van der Waals surface area contributed by atoms with Crippen molar-refractivity contribution in [2.24, 2.45) is 5.11 Å². The van der Waals surface area contributed by atoms with Gasteiger partial charge in [0.05, 0.1) is 12.7 Å². The number of amides is 1. The summed E-state index contributed by atoms with van der Waals surface area (Å²) in [6, 6.07) is 16.5. The maximum Gasteiger partial charge on any atom is 0.408 e. The number of carbonyl (C=O) groups excluding carboxylic acids is 1. The number of rotatable bonds is 6. The van der Waals surface area contributed by atoms with Crippen LogP contribution in [0.5, 0.6) is 0 Å². The number of ether oxygens (including phenoxy) is 1. The van der Waals surface area contributed by atoms with Gasteiger partial charge in [0.15, 0.2) is 0 Å². The molecular formula is C21H23N5O2. The Hall–Kier alpha value is -3.02. The quantitative estimate of drug-likeness (QED) is 0.463. The van der Waals surface area contributed by atoms with Crippen LogP contribution in [0.15, 0.2) is 53.6 Å². The highest BCUT2D eigenvalue weighted by molar-refractivity contribution is 5.79. The summed E-state index contributed by atoms with van der Waals surface area (Å²) in [6.45, 7) is 2.24. The SMILES string of the molecule is [N-]=[N+]=NC[C@@H](NC(=O)OCC1c2ccccc2-c2ccccc21)N1CCCC1. The third-order valence-corrected chi connectivity index (χ3v) is 5.53. The number of hydrogen-bond donors (Lipinski definition) is 1.